The molecular formula is C14H20ClNO2. The maximum atomic E-state index is 11.6. The molecule has 4 heteroatoms. The molecular weight excluding hydrogens is 250 g/mol. The zero-order valence-electron chi connectivity index (χ0n) is 11.1. The molecule has 0 aliphatic rings. The highest BCUT2D eigenvalue weighted by Crippen LogP contribution is 2.13. The number of hydrogen-bond donors (Lipinski definition) is 1. The predicted octanol–water partition coefficient (Wildman–Crippen LogP) is 2.94. The van der Waals surface area contributed by atoms with Gasteiger partial charge in [0.05, 0.1) is 6.42 Å². The van der Waals surface area contributed by atoms with Crippen molar-refractivity contribution < 1.29 is 9.53 Å². The van der Waals surface area contributed by atoms with Crippen LogP contribution in [0.25, 0.3) is 0 Å². The smallest absolute Gasteiger partial charge is 0.307 e. The van der Waals surface area contributed by atoms with Crippen molar-refractivity contribution in [3.8, 4) is 0 Å². The predicted molar refractivity (Wildman–Crippen MR) is 73.6 cm³/mol. The third-order valence-corrected chi connectivity index (χ3v) is 2.51. The van der Waals surface area contributed by atoms with Crippen LogP contribution in [0.4, 0.5) is 0 Å². The van der Waals surface area contributed by atoms with Crippen LogP contribution in [-0.4, -0.2) is 17.6 Å². The van der Waals surface area contributed by atoms with E-state index in [0.717, 1.165) is 5.56 Å². The van der Waals surface area contributed by atoms with Gasteiger partial charge >= 0.3 is 5.97 Å². The highest BCUT2D eigenvalue weighted by atomic mass is 35.5. The summed E-state index contributed by atoms with van der Waals surface area (Å²) in [5.74, 6) is -0.260. The van der Waals surface area contributed by atoms with Crippen molar-refractivity contribution in [3.05, 3.63) is 34.9 Å². The maximum absolute atomic E-state index is 11.6. The van der Waals surface area contributed by atoms with Crippen LogP contribution in [0.1, 0.15) is 32.8 Å². The van der Waals surface area contributed by atoms with Crippen LogP contribution in [0.5, 0.6) is 0 Å². The minimum absolute atomic E-state index is 0.222. The molecule has 3 nitrogen and oxygen atoms in total. The van der Waals surface area contributed by atoms with Gasteiger partial charge in [-0.05, 0) is 44.9 Å². The molecule has 1 atom stereocenters. The van der Waals surface area contributed by atoms with E-state index in [4.69, 9.17) is 22.1 Å². The van der Waals surface area contributed by atoms with Crippen molar-refractivity contribution in [2.45, 2.75) is 45.3 Å². The number of esters is 1. The summed E-state index contributed by atoms with van der Waals surface area (Å²) in [7, 11) is 0. The summed E-state index contributed by atoms with van der Waals surface area (Å²) in [6.45, 7) is 5.53. The van der Waals surface area contributed by atoms with Crippen LogP contribution < -0.4 is 5.73 Å². The van der Waals surface area contributed by atoms with Crippen molar-refractivity contribution in [3.63, 3.8) is 0 Å². The third-order valence-electron chi connectivity index (χ3n) is 2.26. The van der Waals surface area contributed by atoms with Crippen molar-refractivity contribution in [1.29, 1.82) is 0 Å². The SMILES string of the molecule is CC(C)(C)OC(=O)C[C@H](N)Cc1ccc(Cl)cc1. The topological polar surface area (TPSA) is 52.3 Å². The van der Waals surface area contributed by atoms with Gasteiger partial charge in [-0.15, -0.1) is 0 Å². The first-order valence-electron chi connectivity index (χ1n) is 5.98. The van der Waals surface area contributed by atoms with E-state index in [1.807, 2.05) is 45.0 Å². The molecule has 0 fully saturated rings. The molecule has 1 rings (SSSR count). The molecule has 0 bridgehead atoms. The van der Waals surface area contributed by atoms with Gasteiger partial charge in [0.2, 0.25) is 0 Å². The Morgan fingerprint density at radius 3 is 2.39 bits per heavy atom. The zero-order valence-corrected chi connectivity index (χ0v) is 11.8. The Morgan fingerprint density at radius 2 is 1.89 bits per heavy atom. The number of carbonyl (C=O) groups excluding carboxylic acids is 1. The van der Waals surface area contributed by atoms with Gasteiger partial charge in [-0.2, -0.15) is 0 Å². The largest absolute Gasteiger partial charge is 0.460 e. The second-order valence-electron chi connectivity index (χ2n) is 5.38. The summed E-state index contributed by atoms with van der Waals surface area (Å²) in [5.41, 5.74) is 6.53. The Balaban J connectivity index is 2.44. The van der Waals surface area contributed by atoms with Crippen LogP contribution in [0, 0.1) is 0 Å². The highest BCUT2D eigenvalue weighted by molar-refractivity contribution is 6.30. The van der Waals surface area contributed by atoms with E-state index in [1.54, 1.807) is 0 Å². The molecule has 18 heavy (non-hydrogen) atoms. The van der Waals surface area contributed by atoms with Crippen LogP contribution in [0.15, 0.2) is 24.3 Å². The fraction of sp³-hybridized carbons (Fsp3) is 0.500. The van der Waals surface area contributed by atoms with E-state index in [0.29, 0.717) is 11.4 Å². The minimum Gasteiger partial charge on any atom is -0.460 e. The highest BCUT2D eigenvalue weighted by Gasteiger charge is 2.18. The number of ether oxygens (including phenoxy) is 1. The van der Waals surface area contributed by atoms with E-state index in [2.05, 4.69) is 0 Å². The van der Waals surface area contributed by atoms with Crippen LogP contribution in [0.3, 0.4) is 0 Å². The first-order chi connectivity index (χ1) is 8.26. The monoisotopic (exact) mass is 269 g/mol. The summed E-state index contributed by atoms with van der Waals surface area (Å²) in [4.78, 5) is 11.6. The molecule has 2 N–H and O–H groups in total. The maximum Gasteiger partial charge on any atom is 0.307 e. The Kier molecular flexibility index (Phi) is 5.17. The summed E-state index contributed by atoms with van der Waals surface area (Å²) in [5, 5.41) is 0.694. The lowest BCUT2D eigenvalue weighted by molar-refractivity contribution is -0.155. The average Bonchev–Trinajstić information content (AvgIpc) is 2.18. The van der Waals surface area contributed by atoms with Gasteiger partial charge in [0.15, 0.2) is 0 Å². The lowest BCUT2D eigenvalue weighted by atomic mass is 10.0. The van der Waals surface area contributed by atoms with E-state index in [9.17, 15) is 4.79 Å². The number of carbonyl (C=O) groups is 1. The first-order valence-corrected chi connectivity index (χ1v) is 6.36. The fourth-order valence-corrected chi connectivity index (χ4v) is 1.72. The van der Waals surface area contributed by atoms with Crippen molar-refractivity contribution >= 4 is 17.6 Å². The molecule has 0 radical (unpaired) electrons. The summed E-state index contributed by atoms with van der Waals surface area (Å²) < 4.78 is 5.23. The van der Waals surface area contributed by atoms with E-state index in [-0.39, 0.29) is 18.4 Å². The molecule has 1 aromatic carbocycles. The van der Waals surface area contributed by atoms with Crippen molar-refractivity contribution in [2.24, 2.45) is 5.73 Å². The number of rotatable bonds is 4. The Hall–Kier alpha value is -1.06. The summed E-state index contributed by atoms with van der Waals surface area (Å²) >= 11 is 5.80. The normalized spacial score (nSPS) is 13.2. The first kappa shape index (κ1) is 15.0. The van der Waals surface area contributed by atoms with Crippen molar-refractivity contribution in [2.75, 3.05) is 0 Å². The van der Waals surface area contributed by atoms with Gasteiger partial charge in [-0.25, -0.2) is 0 Å². The quantitative estimate of drug-likeness (QED) is 0.855. The van der Waals surface area contributed by atoms with Gasteiger partial charge in [0.25, 0.3) is 0 Å². The molecule has 0 aliphatic heterocycles. The van der Waals surface area contributed by atoms with E-state index >= 15 is 0 Å². The molecule has 100 valence electrons. The standard InChI is InChI=1S/C14H20ClNO2/c1-14(2,3)18-13(17)9-12(16)8-10-4-6-11(15)7-5-10/h4-7,12H,8-9,16H2,1-3H3/t12-/m1/s1. The molecule has 0 unspecified atom stereocenters. The van der Waals surface area contributed by atoms with Gasteiger partial charge < -0.3 is 10.5 Å². The van der Waals surface area contributed by atoms with Gasteiger partial charge in [-0.1, -0.05) is 23.7 Å². The number of benzene rings is 1. The molecule has 0 heterocycles. The van der Waals surface area contributed by atoms with Crippen LogP contribution in [0.2, 0.25) is 5.02 Å². The molecule has 0 saturated carbocycles. The van der Waals surface area contributed by atoms with Gasteiger partial charge in [0, 0.05) is 11.1 Å². The number of hydrogen-bond acceptors (Lipinski definition) is 3. The Morgan fingerprint density at radius 1 is 1.33 bits per heavy atom. The molecule has 0 spiro atoms. The van der Waals surface area contributed by atoms with Gasteiger partial charge in [0.1, 0.15) is 5.60 Å². The van der Waals surface area contributed by atoms with Crippen molar-refractivity contribution in [1.82, 2.24) is 0 Å². The average molecular weight is 270 g/mol. The lowest BCUT2D eigenvalue weighted by Crippen LogP contribution is -2.31. The summed E-state index contributed by atoms with van der Waals surface area (Å²) in [6, 6.07) is 7.23. The molecule has 0 saturated heterocycles. The third kappa shape index (κ3) is 6.03. The molecule has 0 aliphatic carbocycles. The fourth-order valence-electron chi connectivity index (χ4n) is 1.59. The second kappa shape index (κ2) is 6.21. The zero-order chi connectivity index (χ0) is 13.8. The second-order valence-corrected chi connectivity index (χ2v) is 5.82. The summed E-state index contributed by atoms with van der Waals surface area (Å²) in [6.07, 6.45) is 0.857. The molecule has 0 amide bonds. The number of halogens is 1. The van der Waals surface area contributed by atoms with Crippen LogP contribution >= 0.6 is 11.6 Å². The van der Waals surface area contributed by atoms with E-state index < -0.39 is 5.60 Å². The number of nitrogens with two attached hydrogens (primary N) is 1. The Bertz CT molecular complexity index is 395. The van der Waals surface area contributed by atoms with Crippen LogP contribution in [-0.2, 0) is 16.0 Å². The minimum atomic E-state index is -0.461. The molecule has 1 aromatic rings. The van der Waals surface area contributed by atoms with E-state index in [1.165, 1.54) is 0 Å². The molecule has 0 aromatic heterocycles. The Labute approximate surface area is 113 Å². The lowest BCUT2D eigenvalue weighted by Gasteiger charge is -2.21. The van der Waals surface area contributed by atoms with Gasteiger partial charge in [-0.3, -0.25) is 4.79 Å².